The molecule has 0 bridgehead atoms. The summed E-state index contributed by atoms with van der Waals surface area (Å²) in [5, 5.41) is 3.57. The van der Waals surface area contributed by atoms with Gasteiger partial charge in [-0.15, -0.1) is 0 Å². The lowest BCUT2D eigenvalue weighted by molar-refractivity contribution is 0.443. The van der Waals surface area contributed by atoms with E-state index in [1.807, 2.05) is 6.92 Å². The minimum absolute atomic E-state index is 0.455. The molecule has 0 saturated carbocycles. The van der Waals surface area contributed by atoms with Crippen molar-refractivity contribution in [3.8, 4) is 0 Å². The van der Waals surface area contributed by atoms with Gasteiger partial charge >= 0.3 is 0 Å². The molecule has 1 aromatic rings. The first kappa shape index (κ1) is 14.3. The van der Waals surface area contributed by atoms with E-state index >= 15 is 0 Å². The summed E-state index contributed by atoms with van der Waals surface area (Å²) in [6, 6.07) is 2.63. The van der Waals surface area contributed by atoms with Gasteiger partial charge in [-0.2, -0.15) is 0 Å². The van der Waals surface area contributed by atoms with Crippen molar-refractivity contribution in [2.24, 2.45) is 5.92 Å². The van der Waals surface area contributed by atoms with Crippen molar-refractivity contribution in [3.05, 3.63) is 23.2 Å². The van der Waals surface area contributed by atoms with Crippen LogP contribution in [0.4, 0.5) is 0 Å². The molecular formula is C15H27NO. The Morgan fingerprint density at radius 3 is 2.41 bits per heavy atom. The second kappa shape index (κ2) is 6.85. The minimum Gasteiger partial charge on any atom is -0.466 e. The molecule has 0 aliphatic carbocycles. The van der Waals surface area contributed by atoms with E-state index in [0.717, 1.165) is 24.0 Å². The van der Waals surface area contributed by atoms with E-state index in [1.54, 1.807) is 0 Å². The monoisotopic (exact) mass is 237 g/mol. The Hall–Kier alpha value is -0.760. The first-order valence-electron chi connectivity index (χ1n) is 6.84. The molecular weight excluding hydrogens is 210 g/mol. The van der Waals surface area contributed by atoms with Crippen LogP contribution in [0, 0.1) is 19.8 Å². The minimum atomic E-state index is 0.455. The Kier molecular flexibility index (Phi) is 5.76. The molecule has 0 aliphatic heterocycles. The summed E-state index contributed by atoms with van der Waals surface area (Å²) < 4.78 is 5.63. The molecule has 0 aromatic carbocycles. The van der Waals surface area contributed by atoms with Gasteiger partial charge in [0.05, 0.1) is 0 Å². The fourth-order valence-corrected chi connectivity index (χ4v) is 2.34. The average molecular weight is 237 g/mol. The van der Waals surface area contributed by atoms with E-state index in [2.05, 4.69) is 39.1 Å². The summed E-state index contributed by atoms with van der Waals surface area (Å²) in [7, 11) is 0. The molecule has 1 aromatic heterocycles. The fourth-order valence-electron chi connectivity index (χ4n) is 2.34. The first-order valence-corrected chi connectivity index (χ1v) is 6.84. The summed E-state index contributed by atoms with van der Waals surface area (Å²) in [6.45, 7) is 11.8. The van der Waals surface area contributed by atoms with Gasteiger partial charge in [0.2, 0.25) is 0 Å². The maximum absolute atomic E-state index is 5.63. The molecule has 1 unspecified atom stereocenters. The van der Waals surface area contributed by atoms with Crippen molar-refractivity contribution in [1.29, 1.82) is 0 Å². The van der Waals surface area contributed by atoms with Crippen LogP contribution in [0.5, 0.6) is 0 Å². The zero-order valence-electron chi connectivity index (χ0n) is 12.0. The van der Waals surface area contributed by atoms with Gasteiger partial charge in [-0.05, 0) is 38.8 Å². The van der Waals surface area contributed by atoms with Gasteiger partial charge in [-0.3, -0.25) is 0 Å². The van der Waals surface area contributed by atoms with Gasteiger partial charge in [-0.25, -0.2) is 0 Å². The van der Waals surface area contributed by atoms with Crippen LogP contribution < -0.4 is 5.32 Å². The van der Waals surface area contributed by atoms with Gasteiger partial charge < -0.3 is 9.73 Å². The van der Waals surface area contributed by atoms with Crippen molar-refractivity contribution in [3.63, 3.8) is 0 Å². The lowest BCUT2D eigenvalue weighted by atomic mass is 9.98. The third kappa shape index (κ3) is 4.55. The maximum atomic E-state index is 5.63. The number of hydrogen-bond acceptors (Lipinski definition) is 2. The zero-order chi connectivity index (χ0) is 12.8. The molecule has 2 heteroatoms. The van der Waals surface area contributed by atoms with Gasteiger partial charge in [0.1, 0.15) is 11.5 Å². The van der Waals surface area contributed by atoms with Crippen molar-refractivity contribution in [2.75, 3.05) is 6.54 Å². The number of aryl methyl sites for hydroxylation is 2. The van der Waals surface area contributed by atoms with Crippen LogP contribution in [0.1, 0.15) is 63.2 Å². The molecule has 1 atom stereocenters. The highest BCUT2D eigenvalue weighted by Crippen LogP contribution is 2.26. The molecule has 0 radical (unpaired) electrons. The SMILES string of the molecule is CCNC(CCCC(C)C)c1cc(C)oc1C. The highest BCUT2D eigenvalue weighted by molar-refractivity contribution is 5.24. The summed E-state index contributed by atoms with van der Waals surface area (Å²) in [5.74, 6) is 2.88. The Morgan fingerprint density at radius 2 is 1.94 bits per heavy atom. The van der Waals surface area contributed by atoms with Gasteiger partial charge in [-0.1, -0.05) is 33.6 Å². The summed E-state index contributed by atoms with van der Waals surface area (Å²) in [5.41, 5.74) is 1.34. The molecule has 2 nitrogen and oxygen atoms in total. The summed E-state index contributed by atoms with van der Waals surface area (Å²) in [6.07, 6.45) is 3.78. The van der Waals surface area contributed by atoms with Gasteiger partial charge in [0, 0.05) is 11.6 Å². The second-order valence-corrected chi connectivity index (χ2v) is 5.30. The normalized spacial score (nSPS) is 13.3. The molecule has 1 heterocycles. The Balaban J connectivity index is 2.61. The molecule has 0 fully saturated rings. The smallest absolute Gasteiger partial charge is 0.105 e. The lowest BCUT2D eigenvalue weighted by Gasteiger charge is -2.17. The molecule has 0 aliphatic rings. The van der Waals surface area contributed by atoms with Crippen molar-refractivity contribution < 1.29 is 4.42 Å². The van der Waals surface area contributed by atoms with Crippen LogP contribution in [0.15, 0.2) is 10.5 Å². The molecule has 98 valence electrons. The molecule has 0 amide bonds. The molecule has 0 spiro atoms. The summed E-state index contributed by atoms with van der Waals surface area (Å²) >= 11 is 0. The maximum Gasteiger partial charge on any atom is 0.105 e. The highest BCUT2D eigenvalue weighted by atomic mass is 16.3. The standard InChI is InChI=1S/C15H27NO/c1-6-16-15(9-7-8-11(2)3)14-10-12(4)17-13(14)5/h10-11,15-16H,6-9H2,1-5H3. The largest absolute Gasteiger partial charge is 0.466 e. The van der Waals surface area contributed by atoms with E-state index in [0.29, 0.717) is 6.04 Å². The zero-order valence-corrected chi connectivity index (χ0v) is 12.0. The highest BCUT2D eigenvalue weighted by Gasteiger charge is 2.15. The van der Waals surface area contributed by atoms with Crippen molar-refractivity contribution in [2.45, 2.75) is 59.9 Å². The van der Waals surface area contributed by atoms with Gasteiger partial charge in [0.15, 0.2) is 0 Å². The molecule has 1 N–H and O–H groups in total. The Morgan fingerprint density at radius 1 is 1.24 bits per heavy atom. The molecule has 17 heavy (non-hydrogen) atoms. The van der Waals surface area contributed by atoms with E-state index in [4.69, 9.17) is 4.42 Å². The number of furan rings is 1. The second-order valence-electron chi connectivity index (χ2n) is 5.30. The predicted molar refractivity (Wildman–Crippen MR) is 73.3 cm³/mol. The molecule has 1 rings (SSSR count). The van der Waals surface area contributed by atoms with Crippen LogP contribution in [0.25, 0.3) is 0 Å². The Labute approximate surface area is 106 Å². The predicted octanol–water partition coefficient (Wildman–Crippen LogP) is 4.37. The van der Waals surface area contributed by atoms with E-state index in [1.165, 1.54) is 24.8 Å². The topological polar surface area (TPSA) is 25.2 Å². The quantitative estimate of drug-likeness (QED) is 0.761. The molecule has 0 saturated heterocycles. The van der Waals surface area contributed by atoms with Crippen LogP contribution >= 0.6 is 0 Å². The van der Waals surface area contributed by atoms with Crippen LogP contribution in [0.2, 0.25) is 0 Å². The number of hydrogen-bond donors (Lipinski definition) is 1. The lowest BCUT2D eigenvalue weighted by Crippen LogP contribution is -2.21. The third-order valence-corrected chi connectivity index (χ3v) is 3.18. The van der Waals surface area contributed by atoms with E-state index in [9.17, 15) is 0 Å². The van der Waals surface area contributed by atoms with Crippen molar-refractivity contribution in [1.82, 2.24) is 5.32 Å². The fraction of sp³-hybridized carbons (Fsp3) is 0.733. The average Bonchev–Trinajstić information content (AvgIpc) is 2.56. The van der Waals surface area contributed by atoms with Crippen molar-refractivity contribution >= 4 is 0 Å². The Bertz CT molecular complexity index is 328. The third-order valence-electron chi connectivity index (χ3n) is 3.18. The van der Waals surface area contributed by atoms with E-state index < -0.39 is 0 Å². The summed E-state index contributed by atoms with van der Waals surface area (Å²) in [4.78, 5) is 0. The van der Waals surface area contributed by atoms with Gasteiger partial charge in [0.25, 0.3) is 0 Å². The van der Waals surface area contributed by atoms with Crippen LogP contribution in [0.3, 0.4) is 0 Å². The van der Waals surface area contributed by atoms with E-state index in [-0.39, 0.29) is 0 Å². The van der Waals surface area contributed by atoms with Crippen LogP contribution in [-0.4, -0.2) is 6.54 Å². The first-order chi connectivity index (χ1) is 8.04. The van der Waals surface area contributed by atoms with Crippen LogP contribution in [-0.2, 0) is 0 Å². The number of rotatable bonds is 7. The number of nitrogens with one attached hydrogen (secondary N) is 1.